The van der Waals surface area contributed by atoms with Crippen LogP contribution in [0.15, 0.2) is 77.4 Å². The molecule has 3 aromatic rings. The third kappa shape index (κ3) is 5.31. The molecule has 3 rings (SSSR count). The molecule has 0 saturated carbocycles. The summed E-state index contributed by atoms with van der Waals surface area (Å²) in [4.78, 5) is 14.9. The molecule has 1 heterocycles. The SMILES string of the molecule is COCCN(Cc1cccn1Cc1ccccc1)C(=O)c1cccc(Br)c1. The summed E-state index contributed by atoms with van der Waals surface area (Å²) in [5.41, 5.74) is 3.00. The van der Waals surface area contributed by atoms with Gasteiger partial charge in [0.1, 0.15) is 0 Å². The van der Waals surface area contributed by atoms with Crippen LogP contribution >= 0.6 is 15.9 Å². The van der Waals surface area contributed by atoms with E-state index in [4.69, 9.17) is 4.74 Å². The predicted octanol–water partition coefficient (Wildman–Crippen LogP) is 4.59. The zero-order chi connectivity index (χ0) is 19.1. The molecule has 0 unspecified atom stereocenters. The van der Waals surface area contributed by atoms with Gasteiger partial charge < -0.3 is 14.2 Å². The third-order valence-electron chi connectivity index (χ3n) is 4.40. The molecule has 0 spiro atoms. The third-order valence-corrected chi connectivity index (χ3v) is 4.89. The van der Waals surface area contributed by atoms with E-state index >= 15 is 0 Å². The second kappa shape index (κ2) is 9.53. The smallest absolute Gasteiger partial charge is 0.254 e. The number of halogens is 1. The van der Waals surface area contributed by atoms with Crippen molar-refractivity contribution in [3.05, 3.63) is 94.2 Å². The van der Waals surface area contributed by atoms with Gasteiger partial charge in [0.2, 0.25) is 0 Å². The van der Waals surface area contributed by atoms with Gasteiger partial charge >= 0.3 is 0 Å². The average molecular weight is 427 g/mol. The molecule has 0 atom stereocenters. The van der Waals surface area contributed by atoms with Gasteiger partial charge in [-0.1, -0.05) is 52.3 Å². The van der Waals surface area contributed by atoms with E-state index in [1.54, 1.807) is 7.11 Å². The average Bonchev–Trinajstić information content (AvgIpc) is 3.12. The molecule has 0 bridgehead atoms. The normalized spacial score (nSPS) is 10.7. The summed E-state index contributed by atoms with van der Waals surface area (Å²) in [6.45, 7) is 2.36. The molecule has 0 fully saturated rings. The second-order valence-electron chi connectivity index (χ2n) is 6.34. The zero-order valence-electron chi connectivity index (χ0n) is 15.3. The molecule has 4 nitrogen and oxygen atoms in total. The van der Waals surface area contributed by atoms with Gasteiger partial charge in [-0.15, -0.1) is 0 Å². The zero-order valence-corrected chi connectivity index (χ0v) is 16.9. The highest BCUT2D eigenvalue weighted by Crippen LogP contribution is 2.16. The van der Waals surface area contributed by atoms with E-state index < -0.39 is 0 Å². The molecular formula is C22H23BrN2O2. The molecule has 140 valence electrons. The second-order valence-corrected chi connectivity index (χ2v) is 7.26. The standard InChI is InChI=1S/C22H23BrN2O2/c1-27-14-13-25(22(26)19-9-5-10-20(23)15-19)17-21-11-6-12-24(21)16-18-7-3-2-4-8-18/h2-12,15H,13-14,16-17H2,1H3. The van der Waals surface area contributed by atoms with Crippen molar-refractivity contribution in [2.45, 2.75) is 13.1 Å². The molecule has 2 aromatic carbocycles. The van der Waals surface area contributed by atoms with Gasteiger partial charge in [-0.2, -0.15) is 0 Å². The minimum atomic E-state index is 0.000751. The van der Waals surface area contributed by atoms with Crippen molar-refractivity contribution in [3.63, 3.8) is 0 Å². The van der Waals surface area contributed by atoms with Crippen LogP contribution in [-0.2, 0) is 17.8 Å². The van der Waals surface area contributed by atoms with Crippen molar-refractivity contribution in [2.75, 3.05) is 20.3 Å². The van der Waals surface area contributed by atoms with Crippen molar-refractivity contribution >= 4 is 21.8 Å². The van der Waals surface area contributed by atoms with Crippen LogP contribution in [0.1, 0.15) is 21.6 Å². The first kappa shape index (κ1) is 19.4. The minimum absolute atomic E-state index is 0.000751. The molecule has 0 radical (unpaired) electrons. The lowest BCUT2D eigenvalue weighted by Gasteiger charge is -2.23. The summed E-state index contributed by atoms with van der Waals surface area (Å²) in [6, 6.07) is 21.9. The minimum Gasteiger partial charge on any atom is -0.383 e. The largest absolute Gasteiger partial charge is 0.383 e. The Balaban J connectivity index is 1.79. The number of methoxy groups -OCH3 is 1. The maximum atomic E-state index is 13.0. The lowest BCUT2D eigenvalue weighted by molar-refractivity contribution is 0.0676. The fourth-order valence-electron chi connectivity index (χ4n) is 2.98. The molecule has 27 heavy (non-hydrogen) atoms. The number of ether oxygens (including phenoxy) is 1. The highest BCUT2D eigenvalue weighted by Gasteiger charge is 2.18. The monoisotopic (exact) mass is 426 g/mol. The molecule has 0 N–H and O–H groups in total. The highest BCUT2D eigenvalue weighted by atomic mass is 79.9. The Morgan fingerprint density at radius 2 is 1.89 bits per heavy atom. The van der Waals surface area contributed by atoms with E-state index in [0.29, 0.717) is 25.3 Å². The first-order valence-electron chi connectivity index (χ1n) is 8.89. The van der Waals surface area contributed by atoms with Gasteiger partial charge in [-0.25, -0.2) is 0 Å². The number of carbonyl (C=O) groups is 1. The number of hydrogen-bond donors (Lipinski definition) is 0. The van der Waals surface area contributed by atoms with Crippen molar-refractivity contribution < 1.29 is 9.53 Å². The molecule has 0 aliphatic carbocycles. The van der Waals surface area contributed by atoms with Gasteiger partial charge in [0.15, 0.2) is 0 Å². The lowest BCUT2D eigenvalue weighted by Crippen LogP contribution is -2.34. The first-order valence-corrected chi connectivity index (χ1v) is 9.68. The van der Waals surface area contributed by atoms with E-state index in [0.717, 1.165) is 16.7 Å². The molecule has 0 aliphatic heterocycles. The Morgan fingerprint density at radius 3 is 2.63 bits per heavy atom. The lowest BCUT2D eigenvalue weighted by atomic mass is 10.2. The Hall–Kier alpha value is -2.37. The Morgan fingerprint density at radius 1 is 1.07 bits per heavy atom. The van der Waals surface area contributed by atoms with Crippen LogP contribution in [0.4, 0.5) is 0 Å². The number of amides is 1. The summed E-state index contributed by atoms with van der Waals surface area (Å²) < 4.78 is 8.30. The number of nitrogens with zero attached hydrogens (tertiary/aromatic N) is 2. The maximum absolute atomic E-state index is 13.0. The Kier molecular flexibility index (Phi) is 6.85. The van der Waals surface area contributed by atoms with E-state index in [2.05, 4.69) is 44.9 Å². The van der Waals surface area contributed by atoms with Gasteiger partial charge in [0.25, 0.3) is 5.91 Å². The number of aromatic nitrogens is 1. The van der Waals surface area contributed by atoms with Crippen LogP contribution in [0.25, 0.3) is 0 Å². The summed E-state index contributed by atoms with van der Waals surface area (Å²) in [5.74, 6) is 0.000751. The van der Waals surface area contributed by atoms with Gasteiger partial charge in [-0.05, 0) is 35.9 Å². The van der Waals surface area contributed by atoms with Crippen molar-refractivity contribution in [2.24, 2.45) is 0 Å². The predicted molar refractivity (Wildman–Crippen MR) is 111 cm³/mol. The van der Waals surface area contributed by atoms with Crippen LogP contribution in [0, 0.1) is 0 Å². The van der Waals surface area contributed by atoms with Crippen molar-refractivity contribution in [1.82, 2.24) is 9.47 Å². The number of carbonyl (C=O) groups excluding carboxylic acids is 1. The summed E-state index contributed by atoms with van der Waals surface area (Å²) in [6.07, 6.45) is 2.06. The molecule has 0 saturated heterocycles. The molecule has 0 aliphatic rings. The number of benzene rings is 2. The Bertz CT molecular complexity index is 877. The number of hydrogen-bond acceptors (Lipinski definition) is 2. The summed E-state index contributed by atoms with van der Waals surface area (Å²) in [7, 11) is 1.65. The molecule has 5 heteroatoms. The maximum Gasteiger partial charge on any atom is 0.254 e. The van der Waals surface area contributed by atoms with E-state index in [1.165, 1.54) is 5.56 Å². The summed E-state index contributed by atoms with van der Waals surface area (Å²) >= 11 is 3.44. The van der Waals surface area contributed by atoms with Crippen LogP contribution < -0.4 is 0 Å². The number of rotatable bonds is 8. The topological polar surface area (TPSA) is 34.5 Å². The van der Waals surface area contributed by atoms with Crippen LogP contribution in [0.3, 0.4) is 0 Å². The fourth-order valence-corrected chi connectivity index (χ4v) is 3.38. The fraction of sp³-hybridized carbons (Fsp3) is 0.227. The highest BCUT2D eigenvalue weighted by molar-refractivity contribution is 9.10. The molecule has 1 aromatic heterocycles. The van der Waals surface area contributed by atoms with E-state index in [9.17, 15) is 4.79 Å². The first-order chi connectivity index (χ1) is 13.2. The van der Waals surface area contributed by atoms with Crippen molar-refractivity contribution in [1.29, 1.82) is 0 Å². The Labute approximate surface area is 168 Å². The van der Waals surface area contributed by atoms with Crippen molar-refractivity contribution in [3.8, 4) is 0 Å². The van der Waals surface area contributed by atoms with Gasteiger partial charge in [-0.3, -0.25) is 4.79 Å². The van der Waals surface area contributed by atoms with Gasteiger partial charge in [0, 0.05) is 42.1 Å². The van der Waals surface area contributed by atoms with Crippen LogP contribution in [0.2, 0.25) is 0 Å². The molecular weight excluding hydrogens is 404 g/mol. The van der Waals surface area contributed by atoms with E-state index in [-0.39, 0.29) is 5.91 Å². The molecule has 1 amide bonds. The van der Waals surface area contributed by atoms with Gasteiger partial charge in [0.05, 0.1) is 13.2 Å². The van der Waals surface area contributed by atoms with E-state index in [1.807, 2.05) is 53.4 Å². The summed E-state index contributed by atoms with van der Waals surface area (Å²) in [5, 5.41) is 0. The quantitative estimate of drug-likeness (QED) is 0.527. The van der Waals surface area contributed by atoms with Crippen LogP contribution in [0.5, 0.6) is 0 Å². The van der Waals surface area contributed by atoms with Crippen LogP contribution in [-0.4, -0.2) is 35.6 Å².